The lowest BCUT2D eigenvalue weighted by Crippen LogP contribution is -2.44. The minimum Gasteiger partial charge on any atom is -0.486 e. The third-order valence-electron chi connectivity index (χ3n) is 7.51. The van der Waals surface area contributed by atoms with Gasteiger partial charge in [-0.3, -0.25) is 9.21 Å². The Morgan fingerprint density at radius 3 is 2.53 bits per heavy atom. The van der Waals surface area contributed by atoms with E-state index in [1.807, 2.05) is 0 Å². The third kappa shape index (κ3) is 7.17. The van der Waals surface area contributed by atoms with Crippen molar-refractivity contribution in [2.45, 2.75) is 36.9 Å². The summed E-state index contributed by atoms with van der Waals surface area (Å²) < 4.78 is 95.6. The smallest absolute Gasteiger partial charge is 0.416 e. The Bertz CT molecular complexity index is 1590. The molecule has 0 N–H and O–H groups in total. The van der Waals surface area contributed by atoms with E-state index in [1.165, 1.54) is 12.1 Å². The fourth-order valence-corrected chi connectivity index (χ4v) is 7.18. The highest BCUT2D eigenvalue weighted by Gasteiger charge is 2.37. The van der Waals surface area contributed by atoms with Crippen molar-refractivity contribution in [1.82, 2.24) is 4.90 Å². The molecule has 0 radical (unpaired) electrons. The van der Waals surface area contributed by atoms with E-state index in [0.717, 1.165) is 48.6 Å². The van der Waals surface area contributed by atoms with Crippen LogP contribution >= 0.6 is 11.6 Å². The van der Waals surface area contributed by atoms with Crippen LogP contribution in [0.15, 0.2) is 65.6 Å². The van der Waals surface area contributed by atoms with Crippen molar-refractivity contribution in [3.8, 4) is 5.75 Å². The predicted molar refractivity (Wildman–Crippen MR) is 158 cm³/mol. The Hall–Kier alpha value is -3.12. The minimum atomic E-state index is -4.71. The van der Waals surface area contributed by atoms with Crippen molar-refractivity contribution in [3.63, 3.8) is 0 Å². The zero-order chi connectivity index (χ0) is 30.8. The van der Waals surface area contributed by atoms with Crippen molar-refractivity contribution >= 4 is 39.0 Å². The van der Waals surface area contributed by atoms with Gasteiger partial charge in [-0.05, 0) is 79.9 Å². The Labute approximate surface area is 253 Å². The number of hydrogen-bond acceptors (Lipinski definition) is 5. The van der Waals surface area contributed by atoms with Crippen molar-refractivity contribution in [2.75, 3.05) is 43.7 Å². The maximum atomic E-state index is 14.5. The van der Waals surface area contributed by atoms with Crippen molar-refractivity contribution < 1.29 is 35.5 Å². The SMILES string of the molecule is C/C(=C\c1ccc2c(c1)N(S(=O)(=O)c1cccc(C(F)(F)F)c1)C[C@H](CCCN1CCOCC1)O2)c1c(F)cccc1Cl. The van der Waals surface area contributed by atoms with Gasteiger partial charge in [0.15, 0.2) is 0 Å². The summed E-state index contributed by atoms with van der Waals surface area (Å²) in [5.41, 5.74) is 0.385. The van der Waals surface area contributed by atoms with E-state index in [-0.39, 0.29) is 28.6 Å². The van der Waals surface area contributed by atoms with Crippen LogP contribution in [0, 0.1) is 5.82 Å². The van der Waals surface area contributed by atoms with Gasteiger partial charge in [0, 0.05) is 18.7 Å². The Kier molecular flexibility index (Phi) is 9.36. The molecule has 1 atom stereocenters. The number of fused-ring (bicyclic) bond motifs is 1. The van der Waals surface area contributed by atoms with Crippen LogP contribution in [0.5, 0.6) is 5.75 Å². The number of allylic oxidation sites excluding steroid dienone is 1. The van der Waals surface area contributed by atoms with Crippen molar-refractivity contribution in [1.29, 1.82) is 0 Å². The predicted octanol–water partition coefficient (Wildman–Crippen LogP) is 7.13. The van der Waals surface area contributed by atoms with Gasteiger partial charge in [0.2, 0.25) is 0 Å². The molecule has 3 aromatic carbocycles. The number of halogens is 5. The molecule has 2 heterocycles. The standard InChI is InChI=1S/C31H31ClF4N2O4S/c1-21(30-26(32)8-3-9-27(30)33)17-22-10-11-29-28(18-22)38(20-24(42-29)6-4-12-37-13-15-41-16-14-37)43(39,40)25-7-2-5-23(19-25)31(34,35)36/h2-3,5,7-11,17-19,24H,4,6,12-16,20H2,1H3/b21-17+/t24-/m0/s1. The minimum absolute atomic E-state index is 0.0834. The van der Waals surface area contributed by atoms with Crippen LogP contribution < -0.4 is 9.04 Å². The number of benzene rings is 3. The molecule has 0 spiro atoms. The molecule has 0 unspecified atom stereocenters. The first-order valence-electron chi connectivity index (χ1n) is 13.9. The normalized spacial score (nSPS) is 18.3. The summed E-state index contributed by atoms with van der Waals surface area (Å²) in [6.07, 6.45) is -2.29. The quantitative estimate of drug-likeness (QED) is 0.194. The number of alkyl halides is 3. The van der Waals surface area contributed by atoms with Gasteiger partial charge >= 0.3 is 6.18 Å². The number of rotatable bonds is 8. The lowest BCUT2D eigenvalue weighted by Gasteiger charge is -2.36. The van der Waals surface area contributed by atoms with E-state index in [4.69, 9.17) is 21.1 Å². The number of nitrogens with zero attached hydrogens (tertiary/aromatic N) is 2. The molecule has 6 nitrogen and oxygen atoms in total. The molecule has 2 aliphatic rings. The maximum Gasteiger partial charge on any atom is 0.416 e. The molecule has 0 saturated carbocycles. The van der Waals surface area contributed by atoms with Crippen LogP contribution in [0.3, 0.4) is 0 Å². The second-order valence-electron chi connectivity index (χ2n) is 10.5. The van der Waals surface area contributed by atoms with Crippen molar-refractivity contribution in [2.24, 2.45) is 0 Å². The Morgan fingerprint density at radius 1 is 1.07 bits per heavy atom. The highest BCUT2D eigenvalue weighted by molar-refractivity contribution is 7.92. The first-order valence-corrected chi connectivity index (χ1v) is 15.7. The zero-order valence-corrected chi connectivity index (χ0v) is 25.0. The van der Waals surface area contributed by atoms with Gasteiger partial charge in [-0.15, -0.1) is 0 Å². The second kappa shape index (κ2) is 12.9. The molecule has 0 aromatic heterocycles. The van der Waals surface area contributed by atoms with E-state index < -0.39 is 38.6 Å². The molecule has 0 aliphatic carbocycles. The summed E-state index contributed by atoms with van der Waals surface area (Å²) in [6, 6.07) is 13.0. The summed E-state index contributed by atoms with van der Waals surface area (Å²) >= 11 is 6.23. The molecule has 5 rings (SSSR count). The molecule has 0 bridgehead atoms. The van der Waals surface area contributed by atoms with Crippen LogP contribution in [0.4, 0.5) is 23.2 Å². The molecule has 2 aliphatic heterocycles. The average molecular weight is 639 g/mol. The number of ether oxygens (including phenoxy) is 2. The Balaban J connectivity index is 1.49. The van der Waals surface area contributed by atoms with Crippen LogP contribution in [0.1, 0.15) is 36.5 Å². The van der Waals surface area contributed by atoms with Crippen LogP contribution in [0.25, 0.3) is 11.6 Å². The lowest BCUT2D eigenvalue weighted by atomic mass is 10.0. The monoisotopic (exact) mass is 638 g/mol. The molecule has 3 aromatic rings. The highest BCUT2D eigenvalue weighted by atomic mass is 35.5. The number of sulfonamides is 1. The van der Waals surface area contributed by atoms with Gasteiger partial charge in [0.1, 0.15) is 17.7 Å². The first-order chi connectivity index (χ1) is 20.4. The fourth-order valence-electron chi connectivity index (χ4n) is 5.32. The molecule has 12 heteroatoms. The maximum absolute atomic E-state index is 14.5. The summed E-state index contributed by atoms with van der Waals surface area (Å²) in [5.74, 6) is -0.215. The molecule has 43 heavy (non-hydrogen) atoms. The van der Waals surface area contributed by atoms with E-state index in [0.29, 0.717) is 36.8 Å². The van der Waals surface area contributed by atoms with E-state index >= 15 is 0 Å². The molecule has 230 valence electrons. The average Bonchev–Trinajstić information content (AvgIpc) is 2.97. The van der Waals surface area contributed by atoms with Crippen LogP contribution in [0.2, 0.25) is 5.02 Å². The van der Waals surface area contributed by atoms with Crippen LogP contribution in [-0.4, -0.2) is 58.8 Å². The van der Waals surface area contributed by atoms with Gasteiger partial charge in [0.05, 0.1) is 40.9 Å². The molecular formula is C31H31ClF4N2O4S. The molecule has 1 saturated heterocycles. The largest absolute Gasteiger partial charge is 0.486 e. The topological polar surface area (TPSA) is 59.1 Å². The van der Waals surface area contributed by atoms with Crippen molar-refractivity contribution in [3.05, 3.63) is 88.2 Å². The van der Waals surface area contributed by atoms with Gasteiger partial charge in [-0.1, -0.05) is 35.9 Å². The highest BCUT2D eigenvalue weighted by Crippen LogP contribution is 2.40. The van der Waals surface area contributed by atoms with Gasteiger partial charge < -0.3 is 9.47 Å². The zero-order valence-electron chi connectivity index (χ0n) is 23.4. The lowest BCUT2D eigenvalue weighted by molar-refractivity contribution is -0.137. The van der Waals surface area contributed by atoms with Gasteiger partial charge in [-0.25, -0.2) is 12.8 Å². The van der Waals surface area contributed by atoms with Gasteiger partial charge in [0.25, 0.3) is 10.0 Å². The fraction of sp³-hybridized carbons (Fsp3) is 0.355. The number of morpholine rings is 1. The summed E-state index contributed by atoms with van der Waals surface area (Å²) in [5, 5.41) is 0.226. The molecule has 0 amide bonds. The van der Waals surface area contributed by atoms with E-state index in [9.17, 15) is 26.0 Å². The van der Waals surface area contributed by atoms with E-state index in [1.54, 1.807) is 37.3 Å². The summed E-state index contributed by atoms with van der Waals surface area (Å²) in [4.78, 5) is 1.79. The van der Waals surface area contributed by atoms with E-state index in [2.05, 4.69) is 4.90 Å². The molecule has 1 fully saturated rings. The van der Waals surface area contributed by atoms with Gasteiger partial charge in [-0.2, -0.15) is 13.2 Å². The number of hydrogen-bond donors (Lipinski definition) is 0. The van der Waals surface area contributed by atoms with Crippen LogP contribution in [-0.2, 0) is 20.9 Å². The number of anilines is 1. The molecular weight excluding hydrogens is 608 g/mol. The Morgan fingerprint density at radius 2 is 1.81 bits per heavy atom. The second-order valence-corrected chi connectivity index (χ2v) is 12.8. The first kappa shape index (κ1) is 31.3. The third-order valence-corrected chi connectivity index (χ3v) is 9.60. The summed E-state index contributed by atoms with van der Waals surface area (Å²) in [6.45, 7) is 5.35. The summed E-state index contributed by atoms with van der Waals surface area (Å²) in [7, 11) is -4.42.